The van der Waals surface area contributed by atoms with E-state index in [0.717, 1.165) is 32.1 Å². The van der Waals surface area contributed by atoms with Crippen LogP contribution in [0.1, 0.15) is 52.4 Å². The lowest BCUT2D eigenvalue weighted by Gasteiger charge is -2.21. The summed E-state index contributed by atoms with van der Waals surface area (Å²) in [4.78, 5) is 11.3. The number of hydrogen-bond acceptors (Lipinski definition) is 3. The lowest BCUT2D eigenvalue weighted by atomic mass is 9.99. The van der Waals surface area contributed by atoms with Crippen LogP contribution < -0.4 is 0 Å². The van der Waals surface area contributed by atoms with Gasteiger partial charge in [0.25, 0.3) is 0 Å². The molecule has 3 nitrogen and oxygen atoms in total. The van der Waals surface area contributed by atoms with E-state index in [1.807, 2.05) is 13.8 Å². The maximum absolute atomic E-state index is 11.3. The largest absolute Gasteiger partial charge is 0.465 e. The average molecular weight is 214 g/mol. The molecule has 0 bridgehead atoms. The van der Waals surface area contributed by atoms with Crippen molar-refractivity contribution in [1.82, 2.24) is 0 Å². The third-order valence-corrected chi connectivity index (χ3v) is 3.36. The fourth-order valence-corrected chi connectivity index (χ4v) is 1.93. The number of hydrogen-bond donors (Lipinski definition) is 1. The van der Waals surface area contributed by atoms with Crippen molar-refractivity contribution in [3.63, 3.8) is 0 Å². The molecule has 1 atom stereocenters. The van der Waals surface area contributed by atoms with Gasteiger partial charge in [-0.25, -0.2) is 0 Å². The van der Waals surface area contributed by atoms with Gasteiger partial charge in [0.15, 0.2) is 0 Å². The quantitative estimate of drug-likeness (QED) is 0.714. The minimum Gasteiger partial charge on any atom is -0.465 e. The van der Waals surface area contributed by atoms with E-state index in [-0.39, 0.29) is 11.9 Å². The number of aliphatic hydroxyl groups is 1. The highest BCUT2D eigenvalue weighted by molar-refractivity contribution is 5.71. The highest BCUT2D eigenvalue weighted by Gasteiger charge is 2.31. The zero-order valence-electron chi connectivity index (χ0n) is 9.79. The topological polar surface area (TPSA) is 46.5 Å². The maximum atomic E-state index is 11.3. The predicted octanol–water partition coefficient (Wildman–Crippen LogP) is 2.27. The van der Waals surface area contributed by atoms with Crippen molar-refractivity contribution in [3.05, 3.63) is 0 Å². The first-order chi connectivity index (χ1) is 7.07. The van der Waals surface area contributed by atoms with Crippen molar-refractivity contribution in [1.29, 1.82) is 0 Å². The molecule has 3 heteroatoms. The van der Waals surface area contributed by atoms with Gasteiger partial charge in [0, 0.05) is 6.42 Å². The number of esters is 1. The predicted molar refractivity (Wildman–Crippen MR) is 58.4 cm³/mol. The van der Waals surface area contributed by atoms with Gasteiger partial charge in [0.2, 0.25) is 0 Å². The van der Waals surface area contributed by atoms with Crippen LogP contribution in [0.15, 0.2) is 0 Å². The summed E-state index contributed by atoms with van der Waals surface area (Å²) in [5.74, 6) is -0.165. The molecule has 0 radical (unpaired) electrons. The summed E-state index contributed by atoms with van der Waals surface area (Å²) in [5, 5.41) is 10.0. The van der Waals surface area contributed by atoms with Crippen molar-refractivity contribution in [2.75, 3.05) is 6.61 Å². The fraction of sp³-hybridized carbons (Fsp3) is 0.917. The normalized spacial score (nSPS) is 21.3. The Morgan fingerprint density at radius 1 is 1.47 bits per heavy atom. The van der Waals surface area contributed by atoms with Crippen molar-refractivity contribution >= 4 is 5.97 Å². The first-order valence-corrected chi connectivity index (χ1v) is 5.96. The zero-order chi connectivity index (χ0) is 11.3. The lowest BCUT2D eigenvalue weighted by Crippen LogP contribution is -2.27. The Morgan fingerprint density at radius 2 is 2.07 bits per heavy atom. The van der Waals surface area contributed by atoms with Gasteiger partial charge in [-0.2, -0.15) is 0 Å². The summed E-state index contributed by atoms with van der Waals surface area (Å²) >= 11 is 0. The molecule has 88 valence electrons. The summed E-state index contributed by atoms with van der Waals surface area (Å²) in [6.07, 6.45) is 5.30. The second kappa shape index (κ2) is 5.50. The standard InChI is InChI=1S/C12H22O3/c1-3-10(2)11(13)15-9-8-12(14)6-4-5-7-12/h10,14H,3-9H2,1-2H3. The lowest BCUT2D eigenvalue weighted by molar-refractivity contribution is -0.149. The Hall–Kier alpha value is -0.570. The molecule has 0 amide bonds. The fourth-order valence-electron chi connectivity index (χ4n) is 1.93. The highest BCUT2D eigenvalue weighted by atomic mass is 16.5. The molecule has 0 heterocycles. The van der Waals surface area contributed by atoms with E-state index in [1.54, 1.807) is 0 Å². The molecule has 1 N–H and O–H groups in total. The number of carbonyl (C=O) groups excluding carboxylic acids is 1. The molecule has 1 aliphatic carbocycles. The van der Waals surface area contributed by atoms with E-state index in [0.29, 0.717) is 13.0 Å². The molecular weight excluding hydrogens is 192 g/mol. The second-order valence-corrected chi connectivity index (χ2v) is 4.66. The highest BCUT2D eigenvalue weighted by Crippen LogP contribution is 2.32. The van der Waals surface area contributed by atoms with Gasteiger partial charge >= 0.3 is 5.97 Å². The average Bonchev–Trinajstić information content (AvgIpc) is 2.64. The Bertz CT molecular complexity index is 207. The van der Waals surface area contributed by atoms with Crippen LogP contribution in [0.4, 0.5) is 0 Å². The first-order valence-electron chi connectivity index (χ1n) is 5.96. The van der Waals surface area contributed by atoms with Crippen LogP contribution in [-0.2, 0) is 9.53 Å². The van der Waals surface area contributed by atoms with Crippen molar-refractivity contribution in [3.8, 4) is 0 Å². The molecule has 0 saturated heterocycles. The Labute approximate surface area is 91.8 Å². The van der Waals surface area contributed by atoms with Crippen LogP contribution in [0.2, 0.25) is 0 Å². The van der Waals surface area contributed by atoms with Crippen LogP contribution >= 0.6 is 0 Å². The Morgan fingerprint density at radius 3 is 2.60 bits per heavy atom. The van der Waals surface area contributed by atoms with E-state index in [4.69, 9.17) is 4.74 Å². The van der Waals surface area contributed by atoms with Gasteiger partial charge in [-0.1, -0.05) is 26.7 Å². The molecule has 1 fully saturated rings. The number of rotatable bonds is 5. The molecule has 0 spiro atoms. The Kier molecular flexibility index (Phi) is 4.58. The molecule has 0 aromatic rings. The van der Waals surface area contributed by atoms with Gasteiger partial charge in [-0.15, -0.1) is 0 Å². The number of ether oxygens (including phenoxy) is 1. The smallest absolute Gasteiger partial charge is 0.308 e. The van der Waals surface area contributed by atoms with E-state index < -0.39 is 5.60 Å². The zero-order valence-corrected chi connectivity index (χ0v) is 9.79. The first kappa shape index (κ1) is 12.5. The van der Waals surface area contributed by atoms with Crippen LogP contribution in [0.25, 0.3) is 0 Å². The molecule has 1 aliphatic rings. The monoisotopic (exact) mass is 214 g/mol. The summed E-state index contributed by atoms with van der Waals surface area (Å²) in [5.41, 5.74) is -0.560. The summed E-state index contributed by atoms with van der Waals surface area (Å²) in [6.45, 7) is 4.20. The molecule has 15 heavy (non-hydrogen) atoms. The van der Waals surface area contributed by atoms with Gasteiger partial charge in [0.1, 0.15) is 0 Å². The number of carbonyl (C=O) groups is 1. The molecule has 1 saturated carbocycles. The third kappa shape index (κ3) is 3.82. The van der Waals surface area contributed by atoms with Crippen molar-refractivity contribution in [2.24, 2.45) is 5.92 Å². The third-order valence-electron chi connectivity index (χ3n) is 3.36. The Balaban J connectivity index is 2.18. The second-order valence-electron chi connectivity index (χ2n) is 4.66. The van der Waals surface area contributed by atoms with Crippen molar-refractivity contribution in [2.45, 2.75) is 58.0 Å². The van der Waals surface area contributed by atoms with E-state index in [1.165, 1.54) is 0 Å². The summed E-state index contributed by atoms with van der Waals surface area (Å²) < 4.78 is 5.12. The van der Waals surface area contributed by atoms with Crippen LogP contribution in [0.5, 0.6) is 0 Å². The van der Waals surface area contributed by atoms with E-state index in [9.17, 15) is 9.90 Å². The molecular formula is C12H22O3. The summed E-state index contributed by atoms with van der Waals surface area (Å²) in [7, 11) is 0. The van der Waals surface area contributed by atoms with E-state index >= 15 is 0 Å². The van der Waals surface area contributed by atoms with E-state index in [2.05, 4.69) is 0 Å². The van der Waals surface area contributed by atoms with Crippen molar-refractivity contribution < 1.29 is 14.6 Å². The van der Waals surface area contributed by atoms with Gasteiger partial charge in [0.05, 0.1) is 18.1 Å². The van der Waals surface area contributed by atoms with Crippen LogP contribution in [0, 0.1) is 5.92 Å². The molecule has 0 aromatic carbocycles. The molecule has 0 aliphatic heterocycles. The molecule has 1 unspecified atom stereocenters. The SMILES string of the molecule is CCC(C)C(=O)OCCC1(O)CCCC1. The summed E-state index contributed by atoms with van der Waals surface area (Å²) in [6, 6.07) is 0. The van der Waals surface area contributed by atoms with Gasteiger partial charge in [-0.3, -0.25) is 4.79 Å². The van der Waals surface area contributed by atoms with Crippen LogP contribution in [0.3, 0.4) is 0 Å². The van der Waals surface area contributed by atoms with Crippen LogP contribution in [-0.4, -0.2) is 23.3 Å². The minimum atomic E-state index is -0.560. The molecule has 0 aromatic heterocycles. The maximum Gasteiger partial charge on any atom is 0.308 e. The minimum absolute atomic E-state index is 0.0248. The van der Waals surface area contributed by atoms with Gasteiger partial charge < -0.3 is 9.84 Å². The molecule has 1 rings (SSSR count). The van der Waals surface area contributed by atoms with Gasteiger partial charge in [-0.05, 0) is 19.3 Å².